The summed E-state index contributed by atoms with van der Waals surface area (Å²) in [5, 5.41) is 24.1. The predicted octanol–water partition coefficient (Wildman–Crippen LogP) is 2.96. The Kier molecular flexibility index (Phi) is 7.71. The van der Waals surface area contributed by atoms with Gasteiger partial charge in [-0.15, -0.1) is 0 Å². The average Bonchev–Trinajstić information content (AvgIpc) is 3.08. The first kappa shape index (κ1) is 28.5. The van der Waals surface area contributed by atoms with Crippen LogP contribution in [0.5, 0.6) is 5.75 Å². The molecule has 210 valence electrons. The molecule has 10 heteroatoms. The highest BCUT2D eigenvalue weighted by molar-refractivity contribution is 5.99. The molecule has 4 atom stereocenters. The zero-order valence-corrected chi connectivity index (χ0v) is 22.6. The third-order valence-electron chi connectivity index (χ3n) is 8.05. The molecule has 0 radical (unpaired) electrons. The highest BCUT2D eigenvalue weighted by Crippen LogP contribution is 2.52. The fourth-order valence-corrected chi connectivity index (χ4v) is 5.63. The minimum Gasteiger partial charge on any atom is -0.508 e. The summed E-state index contributed by atoms with van der Waals surface area (Å²) in [6.07, 6.45) is -0.599. The summed E-state index contributed by atoms with van der Waals surface area (Å²) in [5.74, 6) is -5.70. The molecule has 0 spiro atoms. The number of amides is 3. The number of likely N-dealkylation sites (tertiary alicyclic amines) is 2. The molecule has 4 rings (SSSR count). The first-order valence-electron chi connectivity index (χ1n) is 13.2. The lowest BCUT2D eigenvalue weighted by Gasteiger charge is -2.54. The maximum atomic E-state index is 15.3. The summed E-state index contributed by atoms with van der Waals surface area (Å²) in [6, 6.07) is 9.31. The molecule has 0 bridgehead atoms. The minimum atomic E-state index is -3.37. The fourth-order valence-electron chi connectivity index (χ4n) is 5.63. The number of aliphatic hydroxyl groups is 1. The number of alkyl halides is 2. The van der Waals surface area contributed by atoms with Crippen LogP contribution in [0.15, 0.2) is 42.5 Å². The van der Waals surface area contributed by atoms with Crippen molar-refractivity contribution in [3.05, 3.63) is 64.7 Å². The summed E-state index contributed by atoms with van der Waals surface area (Å²) in [4.78, 5) is 41.6. The first-order chi connectivity index (χ1) is 18.3. The normalized spacial score (nSPS) is 23.2. The smallest absolute Gasteiger partial charge is 0.290 e. The second-order valence-electron chi connectivity index (χ2n) is 10.7. The Morgan fingerprint density at radius 2 is 1.85 bits per heavy atom. The van der Waals surface area contributed by atoms with Gasteiger partial charge >= 0.3 is 0 Å². The van der Waals surface area contributed by atoms with Gasteiger partial charge in [0, 0.05) is 17.7 Å². The highest BCUT2D eigenvalue weighted by atomic mass is 19.3. The van der Waals surface area contributed by atoms with Gasteiger partial charge in [0.25, 0.3) is 17.7 Å². The average molecular weight is 544 g/mol. The molecule has 2 heterocycles. The molecule has 0 saturated carbocycles. The van der Waals surface area contributed by atoms with Crippen LogP contribution in [-0.2, 0) is 16.0 Å². The summed E-state index contributed by atoms with van der Waals surface area (Å²) < 4.78 is 30.6. The molecule has 8 nitrogen and oxygen atoms in total. The number of aryl methyl sites for hydroxylation is 1. The van der Waals surface area contributed by atoms with Gasteiger partial charge in [-0.1, -0.05) is 43.7 Å². The summed E-state index contributed by atoms with van der Waals surface area (Å²) in [6.45, 7) is 5.61. The number of hydrogen-bond acceptors (Lipinski definition) is 5. The SMILES string of the molecule is CCCCN1C(=O)[C@H]2N(C(=O)[C@@H](O)[C@H](Cc3ccccc3)NC(=O)c3cc(C)cc(O)c3C)CC(F)(F)C21C. The minimum absolute atomic E-state index is 0.0269. The second-order valence-corrected chi connectivity index (χ2v) is 10.7. The van der Waals surface area contributed by atoms with Crippen LogP contribution >= 0.6 is 0 Å². The van der Waals surface area contributed by atoms with Crippen LogP contribution in [0.1, 0.15) is 53.7 Å². The van der Waals surface area contributed by atoms with Crippen LogP contribution in [0.3, 0.4) is 0 Å². The summed E-state index contributed by atoms with van der Waals surface area (Å²) >= 11 is 0. The number of rotatable bonds is 9. The van der Waals surface area contributed by atoms with Gasteiger partial charge in [-0.2, -0.15) is 0 Å². The predicted molar refractivity (Wildman–Crippen MR) is 140 cm³/mol. The Labute approximate surface area is 226 Å². The van der Waals surface area contributed by atoms with Crippen LogP contribution < -0.4 is 5.32 Å². The third kappa shape index (κ3) is 4.86. The van der Waals surface area contributed by atoms with E-state index in [2.05, 4.69) is 5.32 Å². The lowest BCUT2D eigenvalue weighted by molar-refractivity contribution is -0.191. The second kappa shape index (κ2) is 10.6. The number of aromatic hydroxyl groups is 1. The summed E-state index contributed by atoms with van der Waals surface area (Å²) in [5.41, 5.74) is -0.0521. The van der Waals surface area contributed by atoms with E-state index in [1.54, 1.807) is 50.2 Å². The molecule has 2 aliphatic heterocycles. The molecule has 2 aromatic carbocycles. The third-order valence-corrected chi connectivity index (χ3v) is 8.05. The van der Waals surface area contributed by atoms with Crippen molar-refractivity contribution >= 4 is 17.7 Å². The number of nitrogens with zero attached hydrogens (tertiary/aromatic N) is 2. The number of nitrogens with one attached hydrogen (secondary N) is 1. The van der Waals surface area contributed by atoms with Crippen molar-refractivity contribution in [1.29, 1.82) is 0 Å². The molecule has 3 N–H and O–H groups in total. The lowest BCUT2D eigenvalue weighted by atomic mass is 9.78. The quantitative estimate of drug-likeness (QED) is 0.422. The van der Waals surface area contributed by atoms with Crippen LogP contribution in [0.4, 0.5) is 8.78 Å². The van der Waals surface area contributed by atoms with Gasteiger partial charge in [-0.3, -0.25) is 14.4 Å². The number of carbonyl (C=O) groups excluding carboxylic acids is 3. The van der Waals surface area contributed by atoms with E-state index in [1.807, 2.05) is 6.92 Å². The van der Waals surface area contributed by atoms with Gasteiger partial charge in [-0.05, 0) is 56.9 Å². The number of carbonyl (C=O) groups is 3. The van der Waals surface area contributed by atoms with E-state index in [0.29, 0.717) is 23.1 Å². The number of benzene rings is 2. The zero-order valence-electron chi connectivity index (χ0n) is 22.6. The van der Waals surface area contributed by atoms with E-state index in [9.17, 15) is 24.6 Å². The van der Waals surface area contributed by atoms with Gasteiger partial charge in [0.05, 0.1) is 12.6 Å². The Balaban J connectivity index is 1.61. The van der Waals surface area contributed by atoms with Crippen molar-refractivity contribution in [2.45, 2.75) is 76.6 Å². The number of fused-ring (bicyclic) bond motifs is 1. The number of phenolic OH excluding ortho intramolecular Hbond substituents is 1. The van der Waals surface area contributed by atoms with E-state index in [1.165, 1.54) is 13.0 Å². The Morgan fingerprint density at radius 3 is 2.49 bits per heavy atom. The van der Waals surface area contributed by atoms with Gasteiger partial charge < -0.3 is 25.3 Å². The zero-order chi connectivity index (χ0) is 28.7. The molecule has 2 saturated heterocycles. The number of halogens is 2. The maximum Gasteiger partial charge on any atom is 0.290 e. The van der Waals surface area contributed by atoms with Crippen molar-refractivity contribution in [2.75, 3.05) is 13.1 Å². The monoisotopic (exact) mass is 543 g/mol. The van der Waals surface area contributed by atoms with Crippen LogP contribution in [0.2, 0.25) is 0 Å². The van der Waals surface area contributed by atoms with E-state index in [4.69, 9.17) is 0 Å². The van der Waals surface area contributed by atoms with Gasteiger partial charge in [-0.25, -0.2) is 8.78 Å². The number of phenols is 1. The molecule has 0 aromatic heterocycles. The van der Waals surface area contributed by atoms with Crippen molar-refractivity contribution in [1.82, 2.24) is 15.1 Å². The maximum absolute atomic E-state index is 15.3. The number of hydrogen-bond donors (Lipinski definition) is 3. The fraction of sp³-hybridized carbons (Fsp3) is 0.483. The van der Waals surface area contributed by atoms with E-state index in [-0.39, 0.29) is 24.3 Å². The molecule has 39 heavy (non-hydrogen) atoms. The Morgan fingerprint density at radius 1 is 1.18 bits per heavy atom. The lowest BCUT2D eigenvalue weighted by Crippen LogP contribution is -2.78. The number of unbranched alkanes of at least 4 members (excludes halogenated alkanes) is 1. The first-order valence-corrected chi connectivity index (χ1v) is 13.2. The number of β-lactam (4-membered cyclic amide) rings is 1. The molecular formula is C29H35F2N3O5. The molecule has 0 aliphatic carbocycles. The van der Waals surface area contributed by atoms with Gasteiger partial charge in [0.2, 0.25) is 5.91 Å². The Hall–Kier alpha value is -3.53. The van der Waals surface area contributed by atoms with E-state index < -0.39 is 53.9 Å². The van der Waals surface area contributed by atoms with Crippen molar-refractivity contribution < 1.29 is 33.4 Å². The van der Waals surface area contributed by atoms with E-state index >= 15 is 8.78 Å². The standard InChI is InChI=1S/C29H35F2N3O5/c1-5-6-12-34-27(39)24-28(34,4)29(30,31)16-33(24)26(38)23(36)21(15-19-10-8-7-9-11-19)32-25(37)20-13-17(2)14-22(35)18(20)3/h7-11,13-14,21,23-24,35-36H,5-6,12,15-16H2,1-4H3,(H,32,37)/t21-,23-,24+,28?/m0/s1. The van der Waals surface area contributed by atoms with Crippen molar-refractivity contribution in [3.8, 4) is 5.75 Å². The molecular weight excluding hydrogens is 508 g/mol. The molecule has 2 aliphatic rings. The van der Waals surface area contributed by atoms with Gasteiger partial charge in [0.1, 0.15) is 17.3 Å². The topological polar surface area (TPSA) is 110 Å². The van der Waals surface area contributed by atoms with Crippen LogP contribution in [0.25, 0.3) is 0 Å². The van der Waals surface area contributed by atoms with Crippen molar-refractivity contribution in [2.24, 2.45) is 0 Å². The van der Waals surface area contributed by atoms with Gasteiger partial charge in [0.15, 0.2) is 6.10 Å². The molecule has 3 amide bonds. The van der Waals surface area contributed by atoms with Crippen LogP contribution in [0, 0.1) is 13.8 Å². The van der Waals surface area contributed by atoms with Crippen LogP contribution in [-0.4, -0.2) is 80.5 Å². The van der Waals surface area contributed by atoms with E-state index in [0.717, 1.165) is 16.2 Å². The summed E-state index contributed by atoms with van der Waals surface area (Å²) in [7, 11) is 0. The Bertz CT molecular complexity index is 1270. The highest BCUT2D eigenvalue weighted by Gasteiger charge is 2.77. The number of aliphatic hydroxyl groups excluding tert-OH is 1. The molecule has 2 aromatic rings. The molecule has 2 fully saturated rings. The molecule has 1 unspecified atom stereocenters. The van der Waals surface area contributed by atoms with Crippen molar-refractivity contribution in [3.63, 3.8) is 0 Å². The largest absolute Gasteiger partial charge is 0.508 e.